The average molecular weight is 344 g/mol. The SMILES string of the molecule is CNCCCC(=O)NCCCN1CC(C)OC(C)C1.Cl.Cl. The van der Waals surface area contributed by atoms with Crippen molar-refractivity contribution in [1.29, 1.82) is 0 Å². The van der Waals surface area contributed by atoms with Gasteiger partial charge in [0.1, 0.15) is 0 Å². The zero-order chi connectivity index (χ0) is 14.1. The summed E-state index contributed by atoms with van der Waals surface area (Å²) in [6.07, 6.45) is 3.17. The molecule has 2 N–H and O–H groups in total. The number of carbonyl (C=O) groups is 1. The fourth-order valence-electron chi connectivity index (χ4n) is 2.51. The molecular formula is C14H31Cl2N3O2. The minimum Gasteiger partial charge on any atom is -0.373 e. The molecule has 0 aromatic carbocycles. The van der Waals surface area contributed by atoms with E-state index in [9.17, 15) is 4.79 Å². The molecule has 0 saturated carbocycles. The normalized spacial score (nSPS) is 22.0. The van der Waals surface area contributed by atoms with Gasteiger partial charge in [-0.25, -0.2) is 0 Å². The first kappa shape index (κ1) is 23.2. The minimum absolute atomic E-state index is 0. The van der Waals surface area contributed by atoms with Gasteiger partial charge in [0, 0.05) is 32.6 Å². The molecule has 0 aromatic heterocycles. The van der Waals surface area contributed by atoms with E-state index in [1.807, 2.05) is 7.05 Å². The Balaban J connectivity index is 0. The van der Waals surface area contributed by atoms with Gasteiger partial charge in [0.2, 0.25) is 5.91 Å². The molecule has 0 aliphatic carbocycles. The van der Waals surface area contributed by atoms with E-state index in [-0.39, 0.29) is 30.7 Å². The summed E-state index contributed by atoms with van der Waals surface area (Å²) in [4.78, 5) is 13.9. The van der Waals surface area contributed by atoms with Crippen LogP contribution in [0.5, 0.6) is 0 Å². The van der Waals surface area contributed by atoms with Crippen LogP contribution in [0.25, 0.3) is 0 Å². The molecule has 1 fully saturated rings. The Morgan fingerprint density at radius 2 is 1.76 bits per heavy atom. The minimum atomic E-state index is 0. The highest BCUT2D eigenvalue weighted by Gasteiger charge is 2.21. The van der Waals surface area contributed by atoms with E-state index < -0.39 is 0 Å². The van der Waals surface area contributed by atoms with Crippen molar-refractivity contribution in [1.82, 2.24) is 15.5 Å². The molecule has 5 nitrogen and oxygen atoms in total. The lowest BCUT2D eigenvalue weighted by atomic mass is 10.2. The van der Waals surface area contributed by atoms with Crippen LogP contribution in [0.3, 0.4) is 0 Å². The van der Waals surface area contributed by atoms with Crippen LogP contribution in [-0.2, 0) is 9.53 Å². The fraction of sp³-hybridized carbons (Fsp3) is 0.929. The van der Waals surface area contributed by atoms with Crippen LogP contribution in [0.15, 0.2) is 0 Å². The van der Waals surface area contributed by atoms with Gasteiger partial charge in [-0.3, -0.25) is 9.69 Å². The Labute approximate surface area is 141 Å². The largest absolute Gasteiger partial charge is 0.373 e. The summed E-state index contributed by atoms with van der Waals surface area (Å²) in [6.45, 7) is 8.95. The quantitative estimate of drug-likeness (QED) is 0.655. The summed E-state index contributed by atoms with van der Waals surface area (Å²) in [5.74, 6) is 0.166. The van der Waals surface area contributed by atoms with Gasteiger partial charge in [-0.15, -0.1) is 24.8 Å². The topological polar surface area (TPSA) is 53.6 Å². The predicted octanol–water partition coefficient (Wildman–Crippen LogP) is 1.45. The second-order valence-electron chi connectivity index (χ2n) is 5.43. The first-order chi connectivity index (χ1) is 9.11. The van der Waals surface area contributed by atoms with E-state index in [0.29, 0.717) is 18.6 Å². The molecule has 0 radical (unpaired) electrons. The van der Waals surface area contributed by atoms with Crippen molar-refractivity contribution in [2.45, 2.75) is 45.3 Å². The Kier molecular flexibility index (Phi) is 15.0. The maximum Gasteiger partial charge on any atom is 0.220 e. The monoisotopic (exact) mass is 343 g/mol. The molecule has 1 heterocycles. The molecule has 1 aliphatic heterocycles. The molecule has 0 spiro atoms. The molecule has 0 aromatic rings. The number of halogens is 2. The van der Waals surface area contributed by atoms with E-state index in [1.165, 1.54) is 0 Å². The van der Waals surface area contributed by atoms with Crippen LogP contribution in [0, 0.1) is 0 Å². The van der Waals surface area contributed by atoms with Crippen molar-refractivity contribution in [3.63, 3.8) is 0 Å². The third-order valence-corrected chi connectivity index (χ3v) is 3.30. The highest BCUT2D eigenvalue weighted by atomic mass is 35.5. The number of hydrogen-bond acceptors (Lipinski definition) is 4. The van der Waals surface area contributed by atoms with Gasteiger partial charge in [0.05, 0.1) is 12.2 Å². The van der Waals surface area contributed by atoms with E-state index >= 15 is 0 Å². The molecular weight excluding hydrogens is 313 g/mol. The Hall–Kier alpha value is -0.0700. The summed E-state index contributed by atoms with van der Waals surface area (Å²) in [7, 11) is 1.90. The molecule has 128 valence electrons. The smallest absolute Gasteiger partial charge is 0.220 e. The van der Waals surface area contributed by atoms with Crippen molar-refractivity contribution in [2.24, 2.45) is 0 Å². The van der Waals surface area contributed by atoms with Gasteiger partial charge in [-0.05, 0) is 40.3 Å². The third kappa shape index (κ3) is 11.2. The average Bonchev–Trinajstić information content (AvgIpc) is 2.34. The van der Waals surface area contributed by atoms with E-state index in [4.69, 9.17) is 4.74 Å². The van der Waals surface area contributed by atoms with Crippen molar-refractivity contribution in [2.75, 3.05) is 39.8 Å². The van der Waals surface area contributed by atoms with Gasteiger partial charge in [-0.2, -0.15) is 0 Å². The number of nitrogens with zero attached hydrogens (tertiary/aromatic N) is 1. The summed E-state index contributed by atoms with van der Waals surface area (Å²) in [5.41, 5.74) is 0. The number of rotatable bonds is 8. The highest BCUT2D eigenvalue weighted by Crippen LogP contribution is 2.10. The second-order valence-corrected chi connectivity index (χ2v) is 5.43. The van der Waals surface area contributed by atoms with Crippen LogP contribution >= 0.6 is 24.8 Å². The molecule has 1 rings (SSSR count). The summed E-state index contributed by atoms with van der Waals surface area (Å²) >= 11 is 0. The lowest BCUT2D eigenvalue weighted by Gasteiger charge is -2.35. The van der Waals surface area contributed by atoms with Crippen molar-refractivity contribution in [3.05, 3.63) is 0 Å². The van der Waals surface area contributed by atoms with Crippen LogP contribution in [0.1, 0.15) is 33.1 Å². The zero-order valence-electron chi connectivity index (χ0n) is 13.4. The standard InChI is InChI=1S/C14H29N3O2.2ClH/c1-12-10-17(11-13(2)19-12)9-5-8-16-14(18)6-4-7-15-3;;/h12-13,15H,4-11H2,1-3H3,(H,16,18);2*1H. The van der Waals surface area contributed by atoms with Crippen molar-refractivity contribution in [3.8, 4) is 0 Å². The van der Waals surface area contributed by atoms with Gasteiger partial charge in [0.25, 0.3) is 0 Å². The summed E-state index contributed by atoms with van der Waals surface area (Å²) in [6, 6.07) is 0. The number of amides is 1. The fourth-order valence-corrected chi connectivity index (χ4v) is 2.51. The van der Waals surface area contributed by atoms with Gasteiger partial charge >= 0.3 is 0 Å². The second kappa shape index (κ2) is 13.6. The van der Waals surface area contributed by atoms with Crippen LogP contribution in [0.4, 0.5) is 0 Å². The van der Waals surface area contributed by atoms with Gasteiger partial charge < -0.3 is 15.4 Å². The molecule has 1 saturated heterocycles. The maximum absolute atomic E-state index is 11.5. The van der Waals surface area contributed by atoms with Crippen molar-refractivity contribution >= 4 is 30.7 Å². The lowest BCUT2D eigenvalue weighted by molar-refractivity contribution is -0.121. The highest BCUT2D eigenvalue weighted by molar-refractivity contribution is 5.85. The third-order valence-electron chi connectivity index (χ3n) is 3.30. The van der Waals surface area contributed by atoms with E-state index in [1.54, 1.807) is 0 Å². The van der Waals surface area contributed by atoms with Crippen LogP contribution in [0.2, 0.25) is 0 Å². The molecule has 2 unspecified atom stereocenters. The van der Waals surface area contributed by atoms with E-state index in [0.717, 1.165) is 45.6 Å². The van der Waals surface area contributed by atoms with Gasteiger partial charge in [-0.1, -0.05) is 0 Å². The summed E-state index contributed by atoms with van der Waals surface area (Å²) in [5, 5.41) is 6.02. The van der Waals surface area contributed by atoms with Gasteiger partial charge in [0.15, 0.2) is 0 Å². The van der Waals surface area contributed by atoms with Crippen molar-refractivity contribution < 1.29 is 9.53 Å². The number of hydrogen-bond donors (Lipinski definition) is 2. The Bertz CT molecular complexity index is 261. The first-order valence-corrected chi connectivity index (χ1v) is 7.41. The number of carbonyl (C=O) groups excluding carboxylic acids is 1. The Morgan fingerprint density at radius 3 is 2.33 bits per heavy atom. The predicted molar refractivity (Wildman–Crippen MR) is 91.7 cm³/mol. The molecule has 1 amide bonds. The molecule has 0 bridgehead atoms. The van der Waals surface area contributed by atoms with Crippen LogP contribution < -0.4 is 10.6 Å². The zero-order valence-corrected chi connectivity index (χ0v) is 15.0. The Morgan fingerprint density at radius 1 is 1.14 bits per heavy atom. The summed E-state index contributed by atoms with van der Waals surface area (Å²) < 4.78 is 5.70. The molecule has 21 heavy (non-hydrogen) atoms. The van der Waals surface area contributed by atoms with Crippen LogP contribution in [-0.4, -0.2) is 62.8 Å². The molecule has 2 atom stereocenters. The number of nitrogens with one attached hydrogen (secondary N) is 2. The number of ether oxygens (including phenoxy) is 1. The number of morpholine rings is 1. The molecule has 1 aliphatic rings. The van der Waals surface area contributed by atoms with E-state index in [2.05, 4.69) is 29.4 Å². The maximum atomic E-state index is 11.5. The molecule has 7 heteroatoms. The lowest BCUT2D eigenvalue weighted by Crippen LogP contribution is -2.46. The first-order valence-electron chi connectivity index (χ1n) is 7.41.